The standard InChI is InChI=1S/C11H10N2O3/c1-8-4-5-10(16-8)11(14)13-12-7-9-3-2-6-15-9/h2-7H,1H3,(H,13,14)/b12-7-. The fraction of sp³-hybridized carbons (Fsp3) is 0.0909. The van der Waals surface area contributed by atoms with Crippen molar-refractivity contribution in [3.63, 3.8) is 0 Å². The van der Waals surface area contributed by atoms with E-state index in [9.17, 15) is 4.79 Å². The summed E-state index contributed by atoms with van der Waals surface area (Å²) >= 11 is 0. The molecule has 0 saturated heterocycles. The molecule has 5 nitrogen and oxygen atoms in total. The summed E-state index contributed by atoms with van der Waals surface area (Å²) in [4.78, 5) is 11.4. The second-order valence-corrected chi connectivity index (χ2v) is 3.12. The van der Waals surface area contributed by atoms with Gasteiger partial charge in [0.25, 0.3) is 0 Å². The smallest absolute Gasteiger partial charge is 0.307 e. The fourth-order valence-electron chi connectivity index (χ4n) is 1.13. The number of nitrogens with one attached hydrogen (secondary N) is 1. The van der Waals surface area contributed by atoms with Crippen LogP contribution < -0.4 is 5.43 Å². The van der Waals surface area contributed by atoms with Crippen LogP contribution in [0.3, 0.4) is 0 Å². The third kappa shape index (κ3) is 2.38. The van der Waals surface area contributed by atoms with Crippen LogP contribution in [0.5, 0.6) is 0 Å². The highest BCUT2D eigenvalue weighted by molar-refractivity contribution is 5.92. The molecule has 0 spiro atoms. The molecule has 1 amide bonds. The Balaban J connectivity index is 1.94. The molecule has 0 saturated carbocycles. The first kappa shape index (κ1) is 10.2. The van der Waals surface area contributed by atoms with Crippen LogP contribution in [0.2, 0.25) is 0 Å². The quantitative estimate of drug-likeness (QED) is 0.632. The topological polar surface area (TPSA) is 67.7 Å². The van der Waals surface area contributed by atoms with Crippen LogP contribution in [0.1, 0.15) is 22.1 Å². The molecule has 1 N–H and O–H groups in total. The summed E-state index contributed by atoms with van der Waals surface area (Å²) in [5, 5.41) is 3.72. The number of nitrogens with zero attached hydrogens (tertiary/aromatic N) is 1. The van der Waals surface area contributed by atoms with Crippen molar-refractivity contribution in [2.75, 3.05) is 0 Å². The fourth-order valence-corrected chi connectivity index (χ4v) is 1.13. The largest absolute Gasteiger partial charge is 0.463 e. The second-order valence-electron chi connectivity index (χ2n) is 3.12. The zero-order valence-electron chi connectivity index (χ0n) is 8.64. The minimum atomic E-state index is -0.393. The Morgan fingerprint density at radius 2 is 2.31 bits per heavy atom. The van der Waals surface area contributed by atoms with Crippen LogP contribution in [0, 0.1) is 6.92 Å². The van der Waals surface area contributed by atoms with E-state index in [0.717, 1.165) is 0 Å². The molecule has 0 aliphatic carbocycles. The van der Waals surface area contributed by atoms with Crippen molar-refractivity contribution < 1.29 is 13.6 Å². The Morgan fingerprint density at radius 1 is 1.44 bits per heavy atom. The first-order valence-corrected chi connectivity index (χ1v) is 4.69. The third-order valence-electron chi connectivity index (χ3n) is 1.87. The highest BCUT2D eigenvalue weighted by Crippen LogP contribution is 2.05. The van der Waals surface area contributed by atoms with E-state index in [4.69, 9.17) is 8.83 Å². The Morgan fingerprint density at radius 3 is 2.94 bits per heavy atom. The molecule has 0 unspecified atom stereocenters. The molecular weight excluding hydrogens is 208 g/mol. The van der Waals surface area contributed by atoms with E-state index < -0.39 is 5.91 Å². The molecule has 2 rings (SSSR count). The van der Waals surface area contributed by atoms with Crippen LogP contribution in [0.25, 0.3) is 0 Å². The lowest BCUT2D eigenvalue weighted by Crippen LogP contribution is -2.16. The molecule has 0 atom stereocenters. The highest BCUT2D eigenvalue weighted by Gasteiger charge is 2.07. The molecule has 0 aromatic carbocycles. The number of hydrogen-bond acceptors (Lipinski definition) is 4. The molecule has 2 aromatic heterocycles. The van der Waals surface area contributed by atoms with E-state index >= 15 is 0 Å². The molecule has 0 radical (unpaired) electrons. The van der Waals surface area contributed by atoms with Gasteiger partial charge < -0.3 is 8.83 Å². The third-order valence-corrected chi connectivity index (χ3v) is 1.87. The number of hydrogen-bond donors (Lipinski definition) is 1. The molecule has 0 fully saturated rings. The van der Waals surface area contributed by atoms with Crippen molar-refractivity contribution in [1.29, 1.82) is 0 Å². The Hall–Kier alpha value is -2.30. The lowest BCUT2D eigenvalue weighted by molar-refractivity contribution is 0.0926. The average molecular weight is 218 g/mol. The van der Waals surface area contributed by atoms with Gasteiger partial charge in [-0.1, -0.05) is 0 Å². The van der Waals surface area contributed by atoms with Gasteiger partial charge in [-0.05, 0) is 31.2 Å². The van der Waals surface area contributed by atoms with Gasteiger partial charge in [0, 0.05) is 0 Å². The number of furan rings is 2. The van der Waals surface area contributed by atoms with Gasteiger partial charge in [-0.25, -0.2) is 5.43 Å². The zero-order valence-corrected chi connectivity index (χ0v) is 8.64. The summed E-state index contributed by atoms with van der Waals surface area (Å²) in [5.74, 6) is 1.08. The average Bonchev–Trinajstić information content (AvgIpc) is 2.89. The second kappa shape index (κ2) is 4.48. The number of amides is 1. The summed E-state index contributed by atoms with van der Waals surface area (Å²) < 4.78 is 10.1. The maximum Gasteiger partial charge on any atom is 0.307 e. The predicted octanol–water partition coefficient (Wildman–Crippen LogP) is 1.94. The van der Waals surface area contributed by atoms with Gasteiger partial charge in [0.1, 0.15) is 11.5 Å². The highest BCUT2D eigenvalue weighted by atomic mass is 16.4. The van der Waals surface area contributed by atoms with Crippen molar-refractivity contribution in [3.05, 3.63) is 47.8 Å². The molecule has 0 aliphatic heterocycles. The molecule has 5 heteroatoms. The molecule has 2 aromatic rings. The minimum Gasteiger partial charge on any atom is -0.463 e. The molecular formula is C11H10N2O3. The van der Waals surface area contributed by atoms with Crippen LogP contribution in [0.4, 0.5) is 0 Å². The van der Waals surface area contributed by atoms with E-state index in [2.05, 4.69) is 10.5 Å². The maximum absolute atomic E-state index is 11.4. The number of hydrazone groups is 1. The monoisotopic (exact) mass is 218 g/mol. The summed E-state index contributed by atoms with van der Waals surface area (Å²) in [5.41, 5.74) is 2.33. The van der Waals surface area contributed by atoms with Crippen LogP contribution in [0.15, 0.2) is 44.5 Å². The summed E-state index contributed by atoms with van der Waals surface area (Å²) in [6, 6.07) is 6.77. The molecule has 16 heavy (non-hydrogen) atoms. The van der Waals surface area contributed by atoms with Gasteiger partial charge >= 0.3 is 5.91 Å². The Kier molecular flexibility index (Phi) is 2.86. The van der Waals surface area contributed by atoms with Crippen LogP contribution >= 0.6 is 0 Å². The van der Waals surface area contributed by atoms with Crippen LogP contribution in [-0.2, 0) is 0 Å². The van der Waals surface area contributed by atoms with Crippen molar-refractivity contribution in [3.8, 4) is 0 Å². The number of carbonyl (C=O) groups is 1. The van der Waals surface area contributed by atoms with E-state index in [-0.39, 0.29) is 5.76 Å². The number of aryl methyl sites for hydroxylation is 1. The van der Waals surface area contributed by atoms with Gasteiger partial charge in [-0.2, -0.15) is 5.10 Å². The van der Waals surface area contributed by atoms with Crippen molar-refractivity contribution in [2.45, 2.75) is 6.92 Å². The van der Waals surface area contributed by atoms with E-state index in [1.807, 2.05) is 0 Å². The normalized spacial score (nSPS) is 10.8. The van der Waals surface area contributed by atoms with Crippen molar-refractivity contribution >= 4 is 12.1 Å². The van der Waals surface area contributed by atoms with Gasteiger partial charge in [-0.15, -0.1) is 0 Å². The Labute approximate surface area is 91.7 Å². The lowest BCUT2D eigenvalue weighted by atomic mass is 10.4. The van der Waals surface area contributed by atoms with E-state index in [0.29, 0.717) is 11.5 Å². The summed E-state index contributed by atoms with van der Waals surface area (Å²) in [6.07, 6.45) is 2.94. The molecule has 2 heterocycles. The number of carbonyl (C=O) groups excluding carboxylic acids is 1. The SMILES string of the molecule is Cc1ccc(C(=O)N/N=C\c2ccco2)o1. The Bertz CT molecular complexity index is 497. The van der Waals surface area contributed by atoms with E-state index in [1.165, 1.54) is 12.5 Å². The molecule has 0 aliphatic rings. The lowest BCUT2D eigenvalue weighted by Gasteiger charge is -1.93. The first-order chi connectivity index (χ1) is 7.75. The zero-order chi connectivity index (χ0) is 11.4. The summed E-state index contributed by atoms with van der Waals surface area (Å²) in [6.45, 7) is 1.77. The van der Waals surface area contributed by atoms with Crippen LogP contribution in [-0.4, -0.2) is 12.1 Å². The minimum absolute atomic E-state index is 0.231. The van der Waals surface area contributed by atoms with Gasteiger partial charge in [0.05, 0.1) is 12.5 Å². The van der Waals surface area contributed by atoms with Crippen molar-refractivity contribution in [2.24, 2.45) is 5.10 Å². The van der Waals surface area contributed by atoms with Crippen molar-refractivity contribution in [1.82, 2.24) is 5.43 Å². The molecule has 82 valence electrons. The summed E-state index contributed by atoms with van der Waals surface area (Å²) in [7, 11) is 0. The first-order valence-electron chi connectivity index (χ1n) is 4.69. The van der Waals surface area contributed by atoms with Gasteiger partial charge in [0.15, 0.2) is 5.76 Å². The maximum atomic E-state index is 11.4. The van der Waals surface area contributed by atoms with Gasteiger partial charge in [-0.3, -0.25) is 4.79 Å². The van der Waals surface area contributed by atoms with E-state index in [1.54, 1.807) is 31.2 Å². The predicted molar refractivity (Wildman–Crippen MR) is 57.2 cm³/mol. The molecule has 0 bridgehead atoms. The number of rotatable bonds is 3. The van der Waals surface area contributed by atoms with Gasteiger partial charge in [0.2, 0.25) is 0 Å².